The number of aliphatic imine (C=N–C) groups is 1. The third kappa shape index (κ3) is 3.79. The van der Waals surface area contributed by atoms with Crippen LogP contribution in [0.1, 0.15) is 11.1 Å². The Labute approximate surface area is 162 Å². The minimum absolute atomic E-state index is 0.0873. The molecule has 0 spiro atoms. The number of benzene rings is 2. The van der Waals surface area contributed by atoms with Gasteiger partial charge in [0.15, 0.2) is 4.77 Å². The molecule has 3 aromatic rings. The molecule has 3 rings (SSSR count). The summed E-state index contributed by atoms with van der Waals surface area (Å²) in [7, 11) is 0. The van der Waals surface area contributed by atoms with Crippen molar-refractivity contribution in [3.8, 4) is 17.6 Å². The number of aromatic hydroxyl groups is 1. The van der Waals surface area contributed by atoms with E-state index in [2.05, 4.69) is 9.98 Å². The first-order valence-electron chi connectivity index (χ1n) is 7.48. The minimum atomic E-state index is -0.639. The lowest BCUT2D eigenvalue weighted by molar-refractivity contribution is 0.432. The SMILES string of the molecule is N#Cc1ccc(N=Cc2c(O)n(-c3ccc(F)c(Cl)c3)c(=S)[nH]c2=O)cc1. The second-order valence-corrected chi connectivity index (χ2v) is 6.14. The van der Waals surface area contributed by atoms with Gasteiger partial charge in [-0.15, -0.1) is 0 Å². The highest BCUT2D eigenvalue weighted by atomic mass is 35.5. The lowest BCUT2D eigenvalue weighted by Gasteiger charge is -2.11. The number of aromatic amines is 1. The minimum Gasteiger partial charge on any atom is -0.494 e. The van der Waals surface area contributed by atoms with E-state index in [1.165, 1.54) is 18.3 Å². The zero-order chi connectivity index (χ0) is 19.6. The van der Waals surface area contributed by atoms with Crippen LogP contribution in [0.2, 0.25) is 5.02 Å². The monoisotopic (exact) mass is 400 g/mol. The summed E-state index contributed by atoms with van der Waals surface area (Å²) in [5, 5.41) is 19.2. The molecule has 0 fully saturated rings. The second kappa shape index (κ2) is 7.53. The Morgan fingerprint density at radius 2 is 2.00 bits per heavy atom. The Hall–Kier alpha value is -3.28. The fourth-order valence-electron chi connectivity index (χ4n) is 2.28. The molecule has 0 aliphatic rings. The van der Waals surface area contributed by atoms with Crippen LogP contribution in [0.5, 0.6) is 5.88 Å². The second-order valence-electron chi connectivity index (χ2n) is 5.35. The van der Waals surface area contributed by atoms with Crippen molar-refractivity contribution in [2.45, 2.75) is 0 Å². The molecule has 2 N–H and O–H groups in total. The van der Waals surface area contributed by atoms with Crippen LogP contribution in [0.4, 0.5) is 10.1 Å². The maximum Gasteiger partial charge on any atom is 0.264 e. The summed E-state index contributed by atoms with van der Waals surface area (Å²) in [4.78, 5) is 18.7. The molecule has 9 heteroatoms. The topological polar surface area (TPSA) is 94.2 Å². The summed E-state index contributed by atoms with van der Waals surface area (Å²) in [6.07, 6.45) is 1.17. The molecule has 0 radical (unpaired) electrons. The number of rotatable bonds is 3. The van der Waals surface area contributed by atoms with E-state index in [0.29, 0.717) is 11.3 Å². The van der Waals surface area contributed by atoms with Crippen LogP contribution >= 0.6 is 23.8 Å². The number of nitrogens with zero attached hydrogens (tertiary/aromatic N) is 3. The van der Waals surface area contributed by atoms with Gasteiger partial charge >= 0.3 is 0 Å². The molecule has 0 unspecified atom stereocenters. The first kappa shape index (κ1) is 18.5. The Balaban J connectivity index is 2.09. The number of H-pyrrole nitrogens is 1. The van der Waals surface area contributed by atoms with Crippen molar-refractivity contribution in [3.05, 3.63) is 79.6 Å². The van der Waals surface area contributed by atoms with Crippen LogP contribution in [0.15, 0.2) is 52.3 Å². The molecule has 1 heterocycles. The van der Waals surface area contributed by atoms with Gasteiger partial charge in [0, 0.05) is 6.21 Å². The van der Waals surface area contributed by atoms with Crippen molar-refractivity contribution in [2.24, 2.45) is 4.99 Å². The van der Waals surface area contributed by atoms with Gasteiger partial charge in [0.2, 0.25) is 5.88 Å². The van der Waals surface area contributed by atoms with Crippen LogP contribution in [0, 0.1) is 21.9 Å². The summed E-state index contributed by atoms with van der Waals surface area (Å²) >= 11 is 10.9. The summed E-state index contributed by atoms with van der Waals surface area (Å²) in [6, 6.07) is 12.1. The van der Waals surface area contributed by atoms with Crippen molar-refractivity contribution in [2.75, 3.05) is 0 Å². The third-order valence-electron chi connectivity index (χ3n) is 3.62. The predicted octanol–water partition coefficient (Wildman–Crippen LogP) is 4.02. The molecule has 0 amide bonds. The van der Waals surface area contributed by atoms with Crippen LogP contribution in [-0.4, -0.2) is 20.9 Å². The van der Waals surface area contributed by atoms with Gasteiger partial charge in [-0.2, -0.15) is 5.26 Å². The lowest BCUT2D eigenvalue weighted by atomic mass is 10.2. The zero-order valence-electron chi connectivity index (χ0n) is 13.5. The van der Waals surface area contributed by atoms with E-state index in [-0.39, 0.29) is 21.0 Å². The largest absolute Gasteiger partial charge is 0.494 e. The Bertz CT molecular complexity index is 1210. The number of nitrogens with one attached hydrogen (secondary N) is 1. The van der Waals surface area contributed by atoms with Crippen molar-refractivity contribution < 1.29 is 9.50 Å². The summed E-state index contributed by atoms with van der Waals surface area (Å²) in [5.41, 5.74) is 0.434. The first-order chi connectivity index (χ1) is 12.9. The number of nitriles is 1. The molecule has 0 bridgehead atoms. The van der Waals surface area contributed by atoms with Crippen LogP contribution < -0.4 is 5.56 Å². The third-order valence-corrected chi connectivity index (χ3v) is 4.20. The Kier molecular flexibility index (Phi) is 5.16. The van der Waals surface area contributed by atoms with Crippen LogP contribution in [0.25, 0.3) is 5.69 Å². The van der Waals surface area contributed by atoms with Gasteiger partial charge in [0.25, 0.3) is 5.56 Å². The van der Waals surface area contributed by atoms with Crippen molar-refractivity contribution in [1.29, 1.82) is 5.26 Å². The summed E-state index contributed by atoms with van der Waals surface area (Å²) in [6.45, 7) is 0. The smallest absolute Gasteiger partial charge is 0.264 e. The first-order valence-corrected chi connectivity index (χ1v) is 8.27. The Morgan fingerprint density at radius 3 is 2.63 bits per heavy atom. The van der Waals surface area contributed by atoms with E-state index in [9.17, 15) is 14.3 Å². The zero-order valence-corrected chi connectivity index (χ0v) is 15.1. The van der Waals surface area contributed by atoms with Gasteiger partial charge in [-0.05, 0) is 54.7 Å². The van der Waals surface area contributed by atoms with Gasteiger partial charge < -0.3 is 5.11 Å². The van der Waals surface area contributed by atoms with Gasteiger partial charge in [0.1, 0.15) is 11.4 Å². The fraction of sp³-hybridized carbons (Fsp3) is 0. The molecule has 27 heavy (non-hydrogen) atoms. The molecule has 1 aromatic heterocycles. The molecule has 134 valence electrons. The number of hydrogen-bond acceptors (Lipinski definition) is 5. The average Bonchev–Trinajstić information content (AvgIpc) is 2.64. The summed E-state index contributed by atoms with van der Waals surface area (Å²) < 4.78 is 14.4. The van der Waals surface area contributed by atoms with E-state index in [0.717, 1.165) is 10.6 Å². The fourth-order valence-corrected chi connectivity index (χ4v) is 2.74. The van der Waals surface area contributed by atoms with Gasteiger partial charge in [-0.25, -0.2) is 4.39 Å². The molecule has 0 atom stereocenters. The average molecular weight is 401 g/mol. The highest BCUT2D eigenvalue weighted by Crippen LogP contribution is 2.23. The van der Waals surface area contributed by atoms with E-state index in [1.54, 1.807) is 24.3 Å². The number of aromatic nitrogens is 2. The Morgan fingerprint density at radius 1 is 1.30 bits per heavy atom. The maximum absolute atomic E-state index is 13.4. The van der Waals surface area contributed by atoms with Crippen molar-refractivity contribution in [3.63, 3.8) is 0 Å². The van der Waals surface area contributed by atoms with Crippen molar-refractivity contribution >= 4 is 35.7 Å². The molecule has 0 aliphatic carbocycles. The molecule has 0 saturated heterocycles. The maximum atomic E-state index is 13.4. The molecule has 0 aliphatic heterocycles. The van der Waals surface area contributed by atoms with E-state index >= 15 is 0 Å². The van der Waals surface area contributed by atoms with Crippen LogP contribution in [0.3, 0.4) is 0 Å². The molecular weight excluding hydrogens is 391 g/mol. The van der Waals surface area contributed by atoms with Crippen LogP contribution in [-0.2, 0) is 0 Å². The summed E-state index contributed by atoms with van der Waals surface area (Å²) in [5.74, 6) is -1.10. The van der Waals surface area contributed by atoms with E-state index in [4.69, 9.17) is 29.1 Å². The highest BCUT2D eigenvalue weighted by Gasteiger charge is 2.13. The number of hydrogen-bond donors (Lipinski definition) is 2. The predicted molar refractivity (Wildman–Crippen MR) is 102 cm³/mol. The van der Waals surface area contributed by atoms with Gasteiger partial charge in [-0.3, -0.25) is 19.3 Å². The molecule has 2 aromatic carbocycles. The normalized spacial score (nSPS) is 10.9. The molecule has 6 nitrogen and oxygen atoms in total. The molecular formula is C18H10ClFN4O2S. The van der Waals surface area contributed by atoms with Gasteiger partial charge in [0.05, 0.1) is 28.0 Å². The van der Waals surface area contributed by atoms with Crippen molar-refractivity contribution in [1.82, 2.24) is 9.55 Å². The number of halogens is 2. The molecule has 0 saturated carbocycles. The van der Waals surface area contributed by atoms with E-state index in [1.807, 2.05) is 6.07 Å². The lowest BCUT2D eigenvalue weighted by Crippen LogP contribution is -2.18. The highest BCUT2D eigenvalue weighted by molar-refractivity contribution is 7.71. The van der Waals surface area contributed by atoms with E-state index < -0.39 is 17.3 Å². The quantitative estimate of drug-likeness (QED) is 0.513. The van der Waals surface area contributed by atoms with Gasteiger partial charge in [-0.1, -0.05) is 11.6 Å². The standard InChI is InChI=1S/C18H10ClFN4O2S/c19-14-7-12(5-6-15(14)20)24-17(26)13(16(25)23-18(24)27)9-22-11-3-1-10(8-21)2-4-11/h1-7,9,26H,(H,23,25,27).